The molecule has 162 valence electrons. The molecule has 3 rings (SSSR count). The maximum absolute atomic E-state index is 12.8. The first kappa shape index (κ1) is 21.9. The van der Waals surface area contributed by atoms with E-state index < -0.39 is 22.8 Å². The Labute approximate surface area is 178 Å². The lowest BCUT2D eigenvalue weighted by molar-refractivity contribution is -0.385. The van der Waals surface area contributed by atoms with Crippen LogP contribution in [0.1, 0.15) is 47.1 Å². The van der Waals surface area contributed by atoms with E-state index in [0.717, 1.165) is 17.3 Å². The number of hydrogen-bond acceptors (Lipinski definition) is 7. The monoisotopic (exact) mass is 426 g/mol. The zero-order valence-corrected chi connectivity index (χ0v) is 17.4. The molecule has 1 heterocycles. The third kappa shape index (κ3) is 4.55. The summed E-state index contributed by atoms with van der Waals surface area (Å²) in [6.07, 6.45) is -0.457. The van der Waals surface area contributed by atoms with Crippen LogP contribution in [0.15, 0.2) is 36.4 Å². The van der Waals surface area contributed by atoms with Crippen molar-refractivity contribution in [3.8, 4) is 5.75 Å². The summed E-state index contributed by atoms with van der Waals surface area (Å²) in [5.74, 6) is -1.27. The van der Waals surface area contributed by atoms with Gasteiger partial charge in [0.15, 0.2) is 11.9 Å². The van der Waals surface area contributed by atoms with Crippen LogP contribution in [0.25, 0.3) is 0 Å². The lowest BCUT2D eigenvalue weighted by Crippen LogP contribution is -2.26. The second kappa shape index (κ2) is 8.95. The third-order valence-corrected chi connectivity index (χ3v) is 4.98. The van der Waals surface area contributed by atoms with Crippen LogP contribution in [0.5, 0.6) is 5.75 Å². The lowest BCUT2D eigenvalue weighted by Gasteiger charge is -2.16. The summed E-state index contributed by atoms with van der Waals surface area (Å²) in [6, 6.07) is 8.74. The summed E-state index contributed by atoms with van der Waals surface area (Å²) < 4.78 is 10.4. The molecule has 1 amide bonds. The van der Waals surface area contributed by atoms with Gasteiger partial charge in [-0.25, -0.2) is 4.79 Å². The van der Waals surface area contributed by atoms with Crippen LogP contribution in [-0.2, 0) is 16.0 Å². The summed E-state index contributed by atoms with van der Waals surface area (Å²) in [4.78, 5) is 49.1. The molecule has 2 aromatic rings. The number of anilines is 1. The molecule has 9 heteroatoms. The lowest BCUT2D eigenvalue weighted by atomic mass is 10.0. The Morgan fingerprint density at radius 2 is 1.87 bits per heavy atom. The summed E-state index contributed by atoms with van der Waals surface area (Å²) in [5, 5.41) is 11.2. The zero-order chi connectivity index (χ0) is 22.7. The molecule has 0 spiro atoms. The minimum absolute atomic E-state index is 0.0471. The first-order valence-electron chi connectivity index (χ1n) is 9.80. The van der Waals surface area contributed by atoms with E-state index in [9.17, 15) is 24.5 Å². The maximum Gasteiger partial charge on any atom is 0.339 e. The van der Waals surface area contributed by atoms with Crippen LogP contribution in [0.2, 0.25) is 0 Å². The number of nitro benzene ring substituents is 1. The Morgan fingerprint density at radius 1 is 1.16 bits per heavy atom. The number of carbonyl (C=O) groups is 3. The molecule has 0 bridgehead atoms. The number of carbonyl (C=O) groups excluding carboxylic acids is 3. The molecule has 1 atom stereocenters. The second-order valence-electron chi connectivity index (χ2n) is 7.05. The van der Waals surface area contributed by atoms with Gasteiger partial charge in [0, 0.05) is 30.8 Å². The van der Waals surface area contributed by atoms with Gasteiger partial charge in [0.1, 0.15) is 0 Å². The molecule has 1 aliphatic heterocycles. The van der Waals surface area contributed by atoms with E-state index in [2.05, 4.69) is 0 Å². The summed E-state index contributed by atoms with van der Waals surface area (Å²) in [6.45, 7) is 5.42. The van der Waals surface area contributed by atoms with Gasteiger partial charge in [-0.1, -0.05) is 0 Å². The molecule has 0 radical (unpaired) electrons. The topological polar surface area (TPSA) is 116 Å². The predicted octanol–water partition coefficient (Wildman–Crippen LogP) is 3.33. The van der Waals surface area contributed by atoms with Gasteiger partial charge in [-0.15, -0.1) is 0 Å². The molecular weight excluding hydrogens is 404 g/mol. The van der Waals surface area contributed by atoms with Gasteiger partial charge in [-0.2, -0.15) is 0 Å². The fourth-order valence-electron chi connectivity index (χ4n) is 3.46. The van der Waals surface area contributed by atoms with E-state index in [1.165, 1.54) is 26.0 Å². The van der Waals surface area contributed by atoms with Crippen molar-refractivity contribution in [2.45, 2.75) is 33.3 Å². The number of hydrogen-bond donors (Lipinski definition) is 0. The molecular formula is C22H22N2O7. The van der Waals surface area contributed by atoms with Crippen molar-refractivity contribution < 1.29 is 28.8 Å². The number of ketones is 1. The fraction of sp³-hybridized carbons (Fsp3) is 0.318. The van der Waals surface area contributed by atoms with Gasteiger partial charge < -0.3 is 14.4 Å². The number of nitro groups is 1. The molecule has 0 saturated heterocycles. The molecule has 31 heavy (non-hydrogen) atoms. The number of fused-ring (bicyclic) bond motifs is 1. The second-order valence-corrected chi connectivity index (χ2v) is 7.05. The smallest absolute Gasteiger partial charge is 0.339 e. The predicted molar refractivity (Wildman–Crippen MR) is 112 cm³/mol. The summed E-state index contributed by atoms with van der Waals surface area (Å²) in [5.41, 5.74) is 1.60. The molecule has 0 saturated carbocycles. The summed E-state index contributed by atoms with van der Waals surface area (Å²) >= 11 is 0. The van der Waals surface area contributed by atoms with Gasteiger partial charge in [-0.3, -0.25) is 19.7 Å². The average Bonchev–Trinajstić information content (AvgIpc) is 3.17. The van der Waals surface area contributed by atoms with Gasteiger partial charge >= 0.3 is 11.7 Å². The van der Waals surface area contributed by atoms with Crippen molar-refractivity contribution in [3.05, 3.63) is 63.2 Å². The molecule has 0 aliphatic carbocycles. The number of Topliss-reactive ketones (excluding diaryl/α,β-unsaturated/α-hetero) is 1. The van der Waals surface area contributed by atoms with Crippen molar-refractivity contribution in [3.63, 3.8) is 0 Å². The SMILES string of the molecule is CCOc1ccc(C(=O)OC(C)C(=O)c2ccc3c(c2)CCN3C(C)=O)cc1[N+](=O)[O-]. The highest BCUT2D eigenvalue weighted by atomic mass is 16.6. The van der Waals surface area contributed by atoms with E-state index in [-0.39, 0.29) is 29.5 Å². The van der Waals surface area contributed by atoms with Gasteiger partial charge in [0.2, 0.25) is 11.7 Å². The van der Waals surface area contributed by atoms with E-state index in [4.69, 9.17) is 9.47 Å². The van der Waals surface area contributed by atoms with Crippen molar-refractivity contribution in [1.29, 1.82) is 0 Å². The van der Waals surface area contributed by atoms with Gasteiger partial charge in [0.05, 0.1) is 17.1 Å². The Balaban J connectivity index is 1.74. The molecule has 0 N–H and O–H groups in total. The van der Waals surface area contributed by atoms with Crippen molar-refractivity contribution >= 4 is 29.0 Å². The van der Waals surface area contributed by atoms with E-state index in [1.54, 1.807) is 30.0 Å². The Bertz CT molecular complexity index is 1060. The summed E-state index contributed by atoms with van der Waals surface area (Å²) in [7, 11) is 0. The Hall–Kier alpha value is -3.75. The number of amides is 1. The van der Waals surface area contributed by atoms with E-state index >= 15 is 0 Å². The Morgan fingerprint density at radius 3 is 2.52 bits per heavy atom. The van der Waals surface area contributed by atoms with E-state index in [1.807, 2.05) is 0 Å². The minimum atomic E-state index is -1.10. The van der Waals surface area contributed by atoms with Gasteiger partial charge in [-0.05, 0) is 56.2 Å². The molecule has 0 aromatic heterocycles. The van der Waals surface area contributed by atoms with Crippen molar-refractivity contribution in [2.24, 2.45) is 0 Å². The minimum Gasteiger partial charge on any atom is -0.487 e. The first-order valence-corrected chi connectivity index (χ1v) is 9.80. The largest absolute Gasteiger partial charge is 0.487 e. The highest BCUT2D eigenvalue weighted by Crippen LogP contribution is 2.30. The number of rotatable bonds is 7. The van der Waals surface area contributed by atoms with Crippen LogP contribution >= 0.6 is 0 Å². The number of esters is 1. The molecule has 0 fully saturated rings. The van der Waals surface area contributed by atoms with E-state index in [0.29, 0.717) is 18.5 Å². The van der Waals surface area contributed by atoms with Gasteiger partial charge in [0.25, 0.3) is 0 Å². The van der Waals surface area contributed by atoms with Crippen LogP contribution in [0, 0.1) is 10.1 Å². The van der Waals surface area contributed by atoms with Crippen LogP contribution in [-0.4, -0.2) is 41.8 Å². The molecule has 2 aromatic carbocycles. The average molecular weight is 426 g/mol. The third-order valence-electron chi connectivity index (χ3n) is 4.98. The highest BCUT2D eigenvalue weighted by Gasteiger charge is 2.26. The molecule has 1 aliphatic rings. The Kier molecular flexibility index (Phi) is 6.33. The highest BCUT2D eigenvalue weighted by molar-refractivity contribution is 6.03. The number of ether oxygens (including phenoxy) is 2. The standard InChI is InChI=1S/C22H22N2O7/c1-4-30-20-8-6-17(12-19(20)24(28)29)22(27)31-13(2)21(26)16-5-7-18-15(11-16)9-10-23(18)14(3)25/h5-8,11-13H,4,9-10H2,1-3H3. The normalized spacial score (nSPS) is 13.3. The van der Waals surface area contributed by atoms with Crippen molar-refractivity contribution in [2.75, 3.05) is 18.1 Å². The maximum atomic E-state index is 12.8. The number of nitrogens with zero attached hydrogens (tertiary/aromatic N) is 2. The van der Waals surface area contributed by atoms with Crippen LogP contribution in [0.3, 0.4) is 0 Å². The first-order chi connectivity index (χ1) is 14.7. The number of benzene rings is 2. The van der Waals surface area contributed by atoms with Crippen LogP contribution in [0.4, 0.5) is 11.4 Å². The van der Waals surface area contributed by atoms with Crippen LogP contribution < -0.4 is 9.64 Å². The molecule has 9 nitrogen and oxygen atoms in total. The molecule has 1 unspecified atom stereocenters. The quantitative estimate of drug-likeness (QED) is 0.288. The fourth-order valence-corrected chi connectivity index (χ4v) is 3.46. The van der Waals surface area contributed by atoms with Crippen molar-refractivity contribution in [1.82, 2.24) is 0 Å². The zero-order valence-electron chi connectivity index (χ0n) is 17.4.